The zero-order chi connectivity index (χ0) is 8.15. The molecular weight excluding hydrogens is 186 g/mol. The molecule has 0 N–H and O–H groups in total. The summed E-state index contributed by atoms with van der Waals surface area (Å²) in [6, 6.07) is 0. The fourth-order valence-corrected chi connectivity index (χ4v) is 2.39. The summed E-state index contributed by atoms with van der Waals surface area (Å²) in [5, 5.41) is 0. The Bertz CT molecular complexity index is 150. The van der Waals surface area contributed by atoms with Crippen LogP contribution in [0.2, 0.25) is 11.0 Å². The molecule has 0 saturated heterocycles. The van der Waals surface area contributed by atoms with Crippen molar-refractivity contribution in [1.82, 2.24) is 0 Å². The van der Waals surface area contributed by atoms with Crippen LogP contribution in [0.1, 0.15) is 13.8 Å². The molecule has 0 aromatic heterocycles. The molecule has 10 heavy (non-hydrogen) atoms. The van der Waals surface area contributed by atoms with E-state index in [0.717, 1.165) is 5.76 Å². The van der Waals surface area contributed by atoms with Crippen LogP contribution in [-0.2, 0) is 8.32 Å². The summed E-state index contributed by atoms with van der Waals surface area (Å²) < 4.78 is 5.39. The molecule has 0 radical (unpaired) electrons. The topological polar surface area (TPSA) is 26.3 Å². The summed E-state index contributed by atoms with van der Waals surface area (Å²) in [6.45, 7) is 3.35. The van der Waals surface area contributed by atoms with Gasteiger partial charge in [-0.3, -0.25) is 0 Å². The fourth-order valence-electron chi connectivity index (χ4n) is 0.692. The molecule has 0 aliphatic carbocycles. The summed E-state index contributed by atoms with van der Waals surface area (Å²) >= 11 is -1.41. The standard InChI is InChI=1S/C5H8O2.2CH3.Ga/c1-4(6)3-5(2)7;;;/h3,6H,1-2H3;2*1H3;/q;;;+1/p-1/b4-3-;;;. The second-order valence-corrected chi connectivity index (χ2v) is 7.43. The van der Waals surface area contributed by atoms with Crippen LogP contribution in [0.25, 0.3) is 0 Å². The van der Waals surface area contributed by atoms with E-state index in [1.54, 1.807) is 0 Å². The zero-order valence-electron chi connectivity index (χ0n) is 6.97. The van der Waals surface area contributed by atoms with Crippen LogP contribution < -0.4 is 0 Å². The second-order valence-electron chi connectivity index (χ2n) is 2.53. The summed E-state index contributed by atoms with van der Waals surface area (Å²) in [7, 11) is 0. The maximum absolute atomic E-state index is 10.5. The first-order valence-corrected chi connectivity index (χ1v) is 9.21. The van der Waals surface area contributed by atoms with E-state index in [9.17, 15) is 4.79 Å². The van der Waals surface area contributed by atoms with Crippen molar-refractivity contribution in [1.29, 1.82) is 0 Å². The molecule has 0 amide bonds. The summed E-state index contributed by atoms with van der Waals surface area (Å²) in [4.78, 5) is 10.5. The molecule has 0 aromatic rings. The molecule has 3 heteroatoms. The molecule has 0 fully saturated rings. The van der Waals surface area contributed by atoms with Crippen molar-refractivity contribution in [2.24, 2.45) is 0 Å². The number of carbonyl (C=O) groups excluding carboxylic acids is 1. The quantitative estimate of drug-likeness (QED) is 0.393. The van der Waals surface area contributed by atoms with E-state index < -0.39 is 16.6 Å². The Hall–Kier alpha value is -0.154. The average molecular weight is 199 g/mol. The Labute approximate surface area is 67.7 Å². The van der Waals surface area contributed by atoms with Crippen LogP contribution in [0.3, 0.4) is 0 Å². The van der Waals surface area contributed by atoms with Crippen molar-refractivity contribution in [3.05, 3.63) is 11.8 Å². The first-order valence-electron chi connectivity index (χ1n) is 3.38. The maximum atomic E-state index is 10.5. The first kappa shape index (κ1) is 9.85. The van der Waals surface area contributed by atoms with E-state index in [1.807, 2.05) is 6.92 Å². The molecular formula is C7H13GaO2. The molecule has 0 rings (SSSR count). The Morgan fingerprint density at radius 1 is 1.40 bits per heavy atom. The van der Waals surface area contributed by atoms with E-state index >= 15 is 0 Å². The predicted molar refractivity (Wildman–Crippen MR) is 43.0 cm³/mol. The molecule has 0 aromatic carbocycles. The van der Waals surface area contributed by atoms with Crippen molar-refractivity contribution in [3.8, 4) is 0 Å². The van der Waals surface area contributed by atoms with Crippen molar-refractivity contribution in [3.63, 3.8) is 0 Å². The summed E-state index contributed by atoms with van der Waals surface area (Å²) in [5.74, 6) is 0.822. The van der Waals surface area contributed by atoms with Crippen molar-refractivity contribution in [2.45, 2.75) is 24.8 Å². The molecule has 0 aliphatic heterocycles. The molecule has 0 spiro atoms. The molecule has 56 valence electrons. The van der Waals surface area contributed by atoms with E-state index in [4.69, 9.17) is 3.53 Å². The van der Waals surface area contributed by atoms with Crippen molar-refractivity contribution < 1.29 is 8.32 Å². The van der Waals surface area contributed by atoms with Gasteiger partial charge >= 0.3 is 67.3 Å². The number of ketones is 1. The molecule has 2 nitrogen and oxygen atoms in total. The number of carbonyl (C=O) groups is 1. The Kier molecular flexibility index (Phi) is 4.56. The van der Waals surface area contributed by atoms with Gasteiger partial charge in [0.25, 0.3) is 0 Å². The molecule has 0 saturated carbocycles. The fraction of sp³-hybridized carbons (Fsp3) is 0.571. The van der Waals surface area contributed by atoms with Crippen molar-refractivity contribution >= 4 is 22.4 Å². The summed E-state index contributed by atoms with van der Waals surface area (Å²) in [6.07, 6.45) is 1.53. The number of allylic oxidation sites excluding steroid dienone is 2. The van der Waals surface area contributed by atoms with Crippen LogP contribution >= 0.6 is 0 Å². The SMILES string of the molecule is CC(=O)/C=C(/C)[O][Ga]([CH3])[CH3]. The van der Waals surface area contributed by atoms with E-state index in [2.05, 4.69) is 11.0 Å². The van der Waals surface area contributed by atoms with Gasteiger partial charge in [0.05, 0.1) is 0 Å². The van der Waals surface area contributed by atoms with Gasteiger partial charge in [0.2, 0.25) is 0 Å². The normalized spacial score (nSPS) is 11.0. The first-order chi connectivity index (χ1) is 4.52. The van der Waals surface area contributed by atoms with Gasteiger partial charge in [0.1, 0.15) is 0 Å². The van der Waals surface area contributed by atoms with Crippen LogP contribution in [0, 0.1) is 0 Å². The Morgan fingerprint density at radius 3 is 2.20 bits per heavy atom. The zero-order valence-corrected chi connectivity index (χ0v) is 9.39. The van der Waals surface area contributed by atoms with Crippen molar-refractivity contribution in [2.75, 3.05) is 0 Å². The third-order valence-electron chi connectivity index (χ3n) is 0.828. The number of rotatable bonds is 3. The van der Waals surface area contributed by atoms with Crippen LogP contribution in [0.5, 0.6) is 0 Å². The Morgan fingerprint density at radius 2 is 1.90 bits per heavy atom. The van der Waals surface area contributed by atoms with Crippen LogP contribution in [0.15, 0.2) is 11.8 Å². The van der Waals surface area contributed by atoms with Crippen LogP contribution in [-0.4, -0.2) is 22.4 Å². The van der Waals surface area contributed by atoms with E-state index in [-0.39, 0.29) is 5.78 Å². The van der Waals surface area contributed by atoms with Gasteiger partial charge in [-0.2, -0.15) is 0 Å². The van der Waals surface area contributed by atoms with Gasteiger partial charge in [0, 0.05) is 0 Å². The number of hydrogen-bond donors (Lipinski definition) is 0. The minimum absolute atomic E-state index is 0.0561. The van der Waals surface area contributed by atoms with Gasteiger partial charge in [-0.1, -0.05) is 0 Å². The molecule has 0 aliphatic rings. The minimum atomic E-state index is -1.41. The van der Waals surface area contributed by atoms with Gasteiger partial charge in [-0.05, 0) is 0 Å². The average Bonchev–Trinajstić information content (AvgIpc) is 1.58. The van der Waals surface area contributed by atoms with Crippen LogP contribution in [0.4, 0.5) is 0 Å². The number of hydrogen-bond acceptors (Lipinski definition) is 2. The third kappa shape index (κ3) is 5.97. The van der Waals surface area contributed by atoms with Gasteiger partial charge < -0.3 is 0 Å². The third-order valence-corrected chi connectivity index (χ3v) is 2.60. The van der Waals surface area contributed by atoms with E-state index in [1.165, 1.54) is 13.0 Å². The molecule has 0 atom stereocenters. The van der Waals surface area contributed by atoms with Gasteiger partial charge in [-0.15, -0.1) is 0 Å². The summed E-state index contributed by atoms with van der Waals surface area (Å²) in [5.41, 5.74) is 4.23. The molecule has 0 heterocycles. The second kappa shape index (κ2) is 4.63. The Balaban J connectivity index is 3.83. The monoisotopic (exact) mass is 198 g/mol. The molecule has 0 bridgehead atoms. The van der Waals surface area contributed by atoms with Gasteiger partial charge in [-0.25, -0.2) is 0 Å². The predicted octanol–water partition coefficient (Wildman–Crippen LogP) is 1.75. The molecule has 0 unspecified atom stereocenters. The van der Waals surface area contributed by atoms with Gasteiger partial charge in [0.15, 0.2) is 0 Å². The van der Waals surface area contributed by atoms with E-state index in [0.29, 0.717) is 0 Å².